The van der Waals surface area contributed by atoms with E-state index in [9.17, 15) is 4.79 Å². The van der Waals surface area contributed by atoms with Gasteiger partial charge in [-0.05, 0) is 25.7 Å². The Balaban J connectivity index is 1.34. The molecule has 1 saturated carbocycles. The van der Waals surface area contributed by atoms with Crippen LogP contribution in [0.2, 0.25) is 0 Å². The molecular weight excluding hydrogens is 332 g/mol. The van der Waals surface area contributed by atoms with Gasteiger partial charge in [-0.1, -0.05) is 19.3 Å². The number of amides is 1. The molecule has 1 atom stereocenters. The van der Waals surface area contributed by atoms with Crippen LogP contribution in [-0.4, -0.2) is 86.9 Å². The molecule has 2 heterocycles. The molecule has 3 rings (SSSR count). The lowest BCUT2D eigenvalue weighted by Gasteiger charge is -2.37. The van der Waals surface area contributed by atoms with E-state index in [1.807, 2.05) is 11.9 Å². The number of piperazine rings is 1. The van der Waals surface area contributed by atoms with Gasteiger partial charge in [0.1, 0.15) is 6.10 Å². The van der Waals surface area contributed by atoms with Crippen LogP contribution in [0.25, 0.3) is 0 Å². The highest BCUT2D eigenvalue weighted by molar-refractivity contribution is 5.82. The van der Waals surface area contributed by atoms with E-state index < -0.39 is 0 Å². The molecule has 2 aliphatic heterocycles. The summed E-state index contributed by atoms with van der Waals surface area (Å²) in [5.41, 5.74) is 0. The summed E-state index contributed by atoms with van der Waals surface area (Å²) in [6.45, 7) is 5.30. The third-order valence-electron chi connectivity index (χ3n) is 5.60. The van der Waals surface area contributed by atoms with E-state index >= 15 is 0 Å². The van der Waals surface area contributed by atoms with Gasteiger partial charge in [0.25, 0.3) is 5.91 Å². The molecule has 0 spiro atoms. The Morgan fingerprint density at radius 2 is 1.81 bits per heavy atom. The summed E-state index contributed by atoms with van der Waals surface area (Å²) in [5, 5.41) is 3.40. The highest BCUT2D eigenvalue weighted by Gasteiger charge is 2.30. The topological polar surface area (TPSA) is 66.4 Å². The van der Waals surface area contributed by atoms with Gasteiger partial charge in [0.05, 0.1) is 12.7 Å². The molecule has 2 saturated heterocycles. The molecule has 1 aliphatic carbocycles. The number of guanidine groups is 1. The van der Waals surface area contributed by atoms with Crippen molar-refractivity contribution in [3.05, 3.63) is 0 Å². The summed E-state index contributed by atoms with van der Waals surface area (Å²) in [5.74, 6) is 1.06. The van der Waals surface area contributed by atoms with Gasteiger partial charge < -0.3 is 24.6 Å². The monoisotopic (exact) mass is 366 g/mol. The lowest BCUT2D eigenvalue weighted by atomic mass is 9.98. The quantitative estimate of drug-likeness (QED) is 0.450. The molecule has 0 aromatic heterocycles. The number of aliphatic imine (C=N–C) groups is 1. The Hall–Kier alpha value is -1.34. The number of rotatable bonds is 5. The maximum Gasteiger partial charge on any atom is 0.251 e. The molecule has 1 amide bonds. The number of carbonyl (C=O) groups is 1. The number of nitrogens with zero attached hydrogens (tertiary/aromatic N) is 3. The first-order chi connectivity index (χ1) is 12.8. The van der Waals surface area contributed by atoms with Gasteiger partial charge in [0, 0.05) is 46.4 Å². The Bertz CT molecular complexity index is 465. The van der Waals surface area contributed by atoms with Crippen LogP contribution in [0.15, 0.2) is 4.99 Å². The molecule has 0 bridgehead atoms. The van der Waals surface area contributed by atoms with Crippen molar-refractivity contribution in [2.45, 2.75) is 57.2 Å². The number of hydrogen-bond donors (Lipinski definition) is 1. The van der Waals surface area contributed by atoms with Crippen LogP contribution >= 0.6 is 0 Å². The molecule has 0 aromatic carbocycles. The maximum atomic E-state index is 12.4. The van der Waals surface area contributed by atoms with Crippen LogP contribution in [0.1, 0.15) is 44.9 Å². The average molecular weight is 367 g/mol. The summed E-state index contributed by atoms with van der Waals surface area (Å²) in [6, 6.07) is 0. The highest BCUT2D eigenvalue weighted by atomic mass is 16.5. The van der Waals surface area contributed by atoms with Crippen molar-refractivity contribution in [3.63, 3.8) is 0 Å². The molecule has 1 N–H and O–H groups in total. The summed E-state index contributed by atoms with van der Waals surface area (Å²) in [7, 11) is 1.81. The van der Waals surface area contributed by atoms with Gasteiger partial charge in [-0.2, -0.15) is 0 Å². The van der Waals surface area contributed by atoms with E-state index in [-0.39, 0.29) is 12.0 Å². The van der Waals surface area contributed by atoms with E-state index in [0.29, 0.717) is 6.10 Å². The molecule has 3 aliphatic rings. The van der Waals surface area contributed by atoms with Crippen LogP contribution in [0, 0.1) is 0 Å². The molecule has 0 aromatic rings. The Morgan fingerprint density at radius 3 is 2.46 bits per heavy atom. The molecule has 0 radical (unpaired) electrons. The van der Waals surface area contributed by atoms with Gasteiger partial charge >= 0.3 is 0 Å². The molecular formula is C19H34N4O3. The van der Waals surface area contributed by atoms with Crippen molar-refractivity contribution < 1.29 is 14.3 Å². The minimum atomic E-state index is -0.212. The van der Waals surface area contributed by atoms with Gasteiger partial charge in [0.2, 0.25) is 0 Å². The highest BCUT2D eigenvalue weighted by Crippen LogP contribution is 2.20. The zero-order chi connectivity index (χ0) is 18.2. The second kappa shape index (κ2) is 10.1. The second-order valence-corrected chi connectivity index (χ2v) is 7.42. The molecule has 1 unspecified atom stereocenters. The van der Waals surface area contributed by atoms with Crippen molar-refractivity contribution in [2.75, 3.05) is 53.0 Å². The van der Waals surface area contributed by atoms with Gasteiger partial charge in [-0.15, -0.1) is 0 Å². The predicted molar refractivity (Wildman–Crippen MR) is 101 cm³/mol. The average Bonchev–Trinajstić information content (AvgIpc) is 3.23. The second-order valence-electron chi connectivity index (χ2n) is 7.42. The Labute approximate surface area is 157 Å². The third-order valence-corrected chi connectivity index (χ3v) is 5.60. The summed E-state index contributed by atoms with van der Waals surface area (Å²) < 4.78 is 11.5. The van der Waals surface area contributed by atoms with Crippen molar-refractivity contribution in [3.8, 4) is 0 Å². The molecule has 148 valence electrons. The van der Waals surface area contributed by atoms with Crippen molar-refractivity contribution in [1.29, 1.82) is 0 Å². The fourth-order valence-corrected chi connectivity index (χ4v) is 4.07. The van der Waals surface area contributed by atoms with Gasteiger partial charge in [-0.25, -0.2) is 0 Å². The van der Waals surface area contributed by atoms with E-state index in [0.717, 1.165) is 64.7 Å². The number of nitrogens with one attached hydrogen (secondary N) is 1. The number of carbonyl (C=O) groups excluding carboxylic acids is 1. The molecule has 7 nitrogen and oxygen atoms in total. The van der Waals surface area contributed by atoms with Crippen LogP contribution in [0.4, 0.5) is 0 Å². The van der Waals surface area contributed by atoms with Gasteiger partial charge in [0.15, 0.2) is 5.96 Å². The first kappa shape index (κ1) is 19.4. The molecule has 7 heteroatoms. The van der Waals surface area contributed by atoms with E-state index in [1.54, 1.807) is 0 Å². The lowest BCUT2D eigenvalue weighted by Crippen LogP contribution is -2.55. The SMILES string of the molecule is CN=C(NCCOC1CCCCC1)N1CCN(C(=O)C2CCCO2)CC1. The smallest absolute Gasteiger partial charge is 0.251 e. The van der Waals surface area contributed by atoms with Crippen LogP contribution in [0.5, 0.6) is 0 Å². The minimum Gasteiger partial charge on any atom is -0.376 e. The predicted octanol–water partition coefficient (Wildman–Crippen LogP) is 1.23. The van der Waals surface area contributed by atoms with E-state index in [1.165, 1.54) is 32.1 Å². The van der Waals surface area contributed by atoms with E-state index in [2.05, 4.69) is 15.2 Å². The van der Waals surface area contributed by atoms with Gasteiger partial charge in [-0.3, -0.25) is 9.79 Å². The van der Waals surface area contributed by atoms with Crippen molar-refractivity contribution in [2.24, 2.45) is 4.99 Å². The van der Waals surface area contributed by atoms with Crippen molar-refractivity contribution >= 4 is 11.9 Å². The first-order valence-electron chi connectivity index (χ1n) is 10.3. The fraction of sp³-hybridized carbons (Fsp3) is 0.895. The fourth-order valence-electron chi connectivity index (χ4n) is 4.07. The first-order valence-corrected chi connectivity index (χ1v) is 10.3. The normalized spacial score (nSPS) is 25.6. The zero-order valence-electron chi connectivity index (χ0n) is 16.1. The van der Waals surface area contributed by atoms with Crippen molar-refractivity contribution in [1.82, 2.24) is 15.1 Å². The Kier molecular flexibility index (Phi) is 7.55. The maximum absolute atomic E-state index is 12.4. The zero-order valence-corrected chi connectivity index (χ0v) is 16.1. The lowest BCUT2D eigenvalue weighted by molar-refractivity contribution is -0.142. The molecule has 3 fully saturated rings. The number of ether oxygens (including phenoxy) is 2. The van der Waals surface area contributed by atoms with Crippen LogP contribution < -0.4 is 5.32 Å². The number of hydrogen-bond acceptors (Lipinski definition) is 4. The largest absolute Gasteiger partial charge is 0.376 e. The molecule has 26 heavy (non-hydrogen) atoms. The van der Waals surface area contributed by atoms with Crippen LogP contribution in [0.3, 0.4) is 0 Å². The minimum absolute atomic E-state index is 0.158. The Morgan fingerprint density at radius 1 is 1.08 bits per heavy atom. The summed E-state index contributed by atoms with van der Waals surface area (Å²) >= 11 is 0. The third kappa shape index (κ3) is 5.33. The summed E-state index contributed by atoms with van der Waals surface area (Å²) in [4.78, 5) is 21.0. The van der Waals surface area contributed by atoms with E-state index in [4.69, 9.17) is 9.47 Å². The standard InChI is InChI=1S/C19H34N4O3/c1-20-19(21-9-15-25-16-6-3-2-4-7-16)23-12-10-22(11-13-23)18(24)17-8-5-14-26-17/h16-17H,2-15H2,1H3,(H,20,21). The van der Waals surface area contributed by atoms with Crippen LogP contribution in [-0.2, 0) is 14.3 Å². The summed E-state index contributed by atoms with van der Waals surface area (Å²) in [6.07, 6.45) is 8.45.